The molecule has 0 saturated heterocycles. The van der Waals surface area contributed by atoms with Crippen molar-refractivity contribution in [1.82, 2.24) is 4.90 Å². The molecule has 0 aromatic rings. The van der Waals surface area contributed by atoms with E-state index in [4.69, 9.17) is 10.5 Å². The highest BCUT2D eigenvalue weighted by molar-refractivity contribution is 5.76. The Morgan fingerprint density at radius 2 is 2.06 bits per heavy atom. The van der Waals surface area contributed by atoms with Crippen LogP contribution in [0.15, 0.2) is 0 Å². The van der Waals surface area contributed by atoms with Crippen LogP contribution < -0.4 is 5.73 Å². The zero-order valence-corrected chi connectivity index (χ0v) is 11.0. The van der Waals surface area contributed by atoms with Crippen LogP contribution in [0.4, 0.5) is 0 Å². The second-order valence-corrected chi connectivity index (χ2v) is 4.76. The molecule has 0 aliphatic heterocycles. The van der Waals surface area contributed by atoms with Crippen LogP contribution in [0.1, 0.15) is 44.9 Å². The molecule has 0 spiro atoms. The number of carbonyl (C=O) groups excluding carboxylic acids is 1. The normalized spacial score (nSPS) is 16.4. The minimum atomic E-state index is 0.280. The van der Waals surface area contributed by atoms with Crippen LogP contribution in [0.25, 0.3) is 0 Å². The molecule has 2 N–H and O–H groups in total. The van der Waals surface area contributed by atoms with E-state index in [2.05, 4.69) is 4.90 Å². The summed E-state index contributed by atoms with van der Waals surface area (Å²) in [5.74, 6) is 0.280. The average Bonchev–Trinajstić information content (AvgIpc) is 2.83. The summed E-state index contributed by atoms with van der Waals surface area (Å²) < 4.78 is 4.99. The van der Waals surface area contributed by atoms with Gasteiger partial charge in [0, 0.05) is 32.7 Å². The van der Waals surface area contributed by atoms with Gasteiger partial charge < -0.3 is 15.4 Å². The van der Waals surface area contributed by atoms with Crippen LogP contribution >= 0.6 is 0 Å². The maximum absolute atomic E-state index is 12.1. The fraction of sp³-hybridized carbons (Fsp3) is 0.923. The van der Waals surface area contributed by atoms with Crippen LogP contribution in [-0.4, -0.2) is 43.7 Å². The maximum Gasteiger partial charge on any atom is 0.222 e. The monoisotopic (exact) mass is 242 g/mol. The number of nitrogens with two attached hydrogens (primary N) is 1. The summed E-state index contributed by atoms with van der Waals surface area (Å²) in [6.07, 6.45) is 7.19. The molecule has 0 radical (unpaired) electrons. The van der Waals surface area contributed by atoms with Crippen LogP contribution in [0.5, 0.6) is 0 Å². The number of hydrogen-bond acceptors (Lipinski definition) is 3. The Balaban J connectivity index is 2.39. The zero-order valence-electron chi connectivity index (χ0n) is 11.0. The van der Waals surface area contributed by atoms with Gasteiger partial charge in [-0.3, -0.25) is 4.79 Å². The fourth-order valence-electron chi connectivity index (χ4n) is 2.50. The van der Waals surface area contributed by atoms with Crippen molar-refractivity contribution >= 4 is 5.91 Å². The molecule has 17 heavy (non-hydrogen) atoms. The largest absolute Gasteiger partial charge is 0.385 e. The minimum Gasteiger partial charge on any atom is -0.385 e. The van der Waals surface area contributed by atoms with Gasteiger partial charge in [-0.05, 0) is 32.2 Å². The maximum atomic E-state index is 12.1. The van der Waals surface area contributed by atoms with E-state index in [1.54, 1.807) is 7.11 Å². The molecular formula is C13H26N2O2. The van der Waals surface area contributed by atoms with Gasteiger partial charge in [-0.1, -0.05) is 12.8 Å². The number of amides is 1. The van der Waals surface area contributed by atoms with Gasteiger partial charge in [-0.2, -0.15) is 0 Å². The van der Waals surface area contributed by atoms with Crippen molar-refractivity contribution in [3.05, 3.63) is 0 Å². The Kier molecular flexibility index (Phi) is 7.21. The predicted octanol–water partition coefficient (Wildman–Crippen LogP) is 1.53. The SMILES string of the molecule is COCCCC(=O)N(CCCN)C1CCCC1. The summed E-state index contributed by atoms with van der Waals surface area (Å²) in [6, 6.07) is 0.469. The molecule has 1 aliphatic carbocycles. The highest BCUT2D eigenvalue weighted by Gasteiger charge is 2.25. The van der Waals surface area contributed by atoms with E-state index in [1.165, 1.54) is 25.7 Å². The molecule has 1 fully saturated rings. The van der Waals surface area contributed by atoms with Gasteiger partial charge in [-0.15, -0.1) is 0 Å². The van der Waals surface area contributed by atoms with Crippen LogP contribution in [0.3, 0.4) is 0 Å². The van der Waals surface area contributed by atoms with E-state index in [0.29, 0.717) is 25.6 Å². The topological polar surface area (TPSA) is 55.6 Å². The van der Waals surface area contributed by atoms with Crippen molar-refractivity contribution in [3.63, 3.8) is 0 Å². The first-order chi connectivity index (χ1) is 8.29. The van der Waals surface area contributed by atoms with Gasteiger partial charge in [0.15, 0.2) is 0 Å². The number of carbonyl (C=O) groups is 1. The molecule has 1 aliphatic rings. The van der Waals surface area contributed by atoms with Crippen molar-refractivity contribution < 1.29 is 9.53 Å². The van der Waals surface area contributed by atoms with Crippen LogP contribution in [0, 0.1) is 0 Å². The number of rotatable bonds is 8. The zero-order chi connectivity index (χ0) is 12.5. The second kappa shape index (κ2) is 8.48. The van der Waals surface area contributed by atoms with Crippen molar-refractivity contribution in [1.29, 1.82) is 0 Å². The summed E-state index contributed by atoms with van der Waals surface area (Å²) in [4.78, 5) is 14.2. The van der Waals surface area contributed by atoms with Gasteiger partial charge in [-0.25, -0.2) is 0 Å². The third-order valence-electron chi connectivity index (χ3n) is 3.43. The number of nitrogens with zero attached hydrogens (tertiary/aromatic N) is 1. The lowest BCUT2D eigenvalue weighted by atomic mass is 10.1. The molecule has 1 saturated carbocycles. The fourth-order valence-corrected chi connectivity index (χ4v) is 2.50. The molecule has 4 heteroatoms. The quantitative estimate of drug-likeness (QED) is 0.657. The third-order valence-corrected chi connectivity index (χ3v) is 3.43. The first kappa shape index (κ1) is 14.5. The van der Waals surface area contributed by atoms with E-state index in [-0.39, 0.29) is 5.91 Å². The molecule has 0 unspecified atom stereocenters. The molecule has 1 amide bonds. The van der Waals surface area contributed by atoms with E-state index in [9.17, 15) is 4.79 Å². The smallest absolute Gasteiger partial charge is 0.222 e. The first-order valence-corrected chi connectivity index (χ1v) is 6.78. The molecule has 100 valence electrons. The summed E-state index contributed by atoms with van der Waals surface area (Å²) in [5, 5.41) is 0. The summed E-state index contributed by atoms with van der Waals surface area (Å²) in [6.45, 7) is 2.16. The van der Waals surface area contributed by atoms with Gasteiger partial charge in [0.1, 0.15) is 0 Å². The van der Waals surface area contributed by atoms with Crippen molar-refractivity contribution in [3.8, 4) is 0 Å². The van der Waals surface area contributed by atoms with Crippen molar-refractivity contribution in [2.45, 2.75) is 51.0 Å². The highest BCUT2D eigenvalue weighted by Crippen LogP contribution is 2.24. The molecule has 0 aromatic heterocycles. The average molecular weight is 242 g/mol. The van der Waals surface area contributed by atoms with Gasteiger partial charge >= 0.3 is 0 Å². The van der Waals surface area contributed by atoms with Gasteiger partial charge in [0.2, 0.25) is 5.91 Å². The Morgan fingerprint density at radius 1 is 1.35 bits per heavy atom. The Hall–Kier alpha value is -0.610. The van der Waals surface area contributed by atoms with Crippen LogP contribution in [-0.2, 0) is 9.53 Å². The number of methoxy groups -OCH3 is 1. The van der Waals surface area contributed by atoms with Crippen molar-refractivity contribution in [2.24, 2.45) is 5.73 Å². The van der Waals surface area contributed by atoms with Crippen molar-refractivity contribution in [2.75, 3.05) is 26.8 Å². The molecule has 1 rings (SSSR count). The molecular weight excluding hydrogens is 216 g/mol. The molecule has 0 heterocycles. The summed E-state index contributed by atoms with van der Waals surface area (Å²) in [5.41, 5.74) is 5.54. The van der Waals surface area contributed by atoms with E-state index < -0.39 is 0 Å². The summed E-state index contributed by atoms with van der Waals surface area (Å²) in [7, 11) is 1.67. The molecule has 0 aromatic carbocycles. The number of hydrogen-bond donors (Lipinski definition) is 1. The van der Waals surface area contributed by atoms with Gasteiger partial charge in [0.25, 0.3) is 0 Å². The lowest BCUT2D eigenvalue weighted by molar-refractivity contribution is -0.133. The lowest BCUT2D eigenvalue weighted by Crippen LogP contribution is -2.40. The molecule has 0 atom stereocenters. The standard InChI is InChI=1S/C13H26N2O2/c1-17-11-4-8-13(16)15(10-5-9-14)12-6-2-3-7-12/h12H,2-11,14H2,1H3. The van der Waals surface area contributed by atoms with E-state index in [0.717, 1.165) is 19.4 Å². The molecule has 0 bridgehead atoms. The minimum absolute atomic E-state index is 0.280. The Bertz CT molecular complexity index is 215. The molecule has 4 nitrogen and oxygen atoms in total. The van der Waals surface area contributed by atoms with Gasteiger partial charge in [0.05, 0.1) is 0 Å². The predicted molar refractivity (Wildman–Crippen MR) is 68.8 cm³/mol. The highest BCUT2D eigenvalue weighted by atomic mass is 16.5. The van der Waals surface area contributed by atoms with E-state index in [1.807, 2.05) is 0 Å². The number of ether oxygens (including phenoxy) is 1. The Labute approximate surface area is 104 Å². The second-order valence-electron chi connectivity index (χ2n) is 4.76. The Morgan fingerprint density at radius 3 is 2.65 bits per heavy atom. The van der Waals surface area contributed by atoms with E-state index >= 15 is 0 Å². The third kappa shape index (κ3) is 5.04. The summed E-state index contributed by atoms with van der Waals surface area (Å²) >= 11 is 0. The first-order valence-electron chi connectivity index (χ1n) is 6.78. The lowest BCUT2D eigenvalue weighted by Gasteiger charge is -2.29. The van der Waals surface area contributed by atoms with Crippen LogP contribution in [0.2, 0.25) is 0 Å².